The van der Waals surface area contributed by atoms with Gasteiger partial charge >= 0.3 is 5.97 Å². The second-order valence-corrected chi connectivity index (χ2v) is 5.46. The van der Waals surface area contributed by atoms with E-state index in [0.29, 0.717) is 33.3 Å². The van der Waals surface area contributed by atoms with Crippen molar-refractivity contribution in [1.82, 2.24) is 4.57 Å². The molecule has 0 saturated carbocycles. The molecule has 1 aromatic carbocycles. The molecule has 114 valence electrons. The van der Waals surface area contributed by atoms with Gasteiger partial charge in [0.1, 0.15) is 12.1 Å². The topological polar surface area (TPSA) is 55.0 Å². The highest BCUT2D eigenvalue weighted by Crippen LogP contribution is 2.36. The number of benzene rings is 1. The third-order valence-electron chi connectivity index (χ3n) is 3.28. The standard InChI is InChI=1S/C16H14Cl2N2O2/c1-3-22-16(21)10(2)20-8-11(7-19)13(9-20)12-5-4-6-14(17)15(12)18/h4-6,8-10H,3H2,1-2H3. The number of rotatable bonds is 4. The summed E-state index contributed by atoms with van der Waals surface area (Å²) in [7, 11) is 0. The monoisotopic (exact) mass is 336 g/mol. The summed E-state index contributed by atoms with van der Waals surface area (Å²) >= 11 is 12.2. The molecule has 1 atom stereocenters. The van der Waals surface area contributed by atoms with E-state index in [4.69, 9.17) is 27.9 Å². The zero-order chi connectivity index (χ0) is 16.3. The number of esters is 1. The van der Waals surface area contributed by atoms with E-state index >= 15 is 0 Å². The summed E-state index contributed by atoms with van der Waals surface area (Å²) < 4.78 is 6.64. The maximum absolute atomic E-state index is 11.8. The number of hydrogen-bond donors (Lipinski definition) is 0. The van der Waals surface area contributed by atoms with E-state index in [9.17, 15) is 10.1 Å². The van der Waals surface area contributed by atoms with E-state index in [2.05, 4.69) is 6.07 Å². The summed E-state index contributed by atoms with van der Waals surface area (Å²) in [6.45, 7) is 3.77. The van der Waals surface area contributed by atoms with Crippen molar-refractivity contribution in [1.29, 1.82) is 5.26 Å². The molecule has 0 aliphatic heterocycles. The van der Waals surface area contributed by atoms with Crippen LogP contribution in [-0.2, 0) is 9.53 Å². The van der Waals surface area contributed by atoms with E-state index in [1.807, 2.05) is 0 Å². The Labute approximate surface area is 138 Å². The molecule has 0 aliphatic rings. The highest BCUT2D eigenvalue weighted by molar-refractivity contribution is 6.43. The SMILES string of the molecule is CCOC(=O)C(C)n1cc(C#N)c(-c2cccc(Cl)c2Cl)c1. The first-order valence-corrected chi connectivity index (χ1v) is 7.47. The van der Waals surface area contributed by atoms with E-state index in [-0.39, 0.29) is 5.97 Å². The molecule has 2 aromatic rings. The molecular formula is C16H14Cl2N2O2. The Balaban J connectivity index is 2.48. The van der Waals surface area contributed by atoms with Crippen LogP contribution in [0.15, 0.2) is 30.6 Å². The van der Waals surface area contributed by atoms with Crippen LogP contribution in [0.1, 0.15) is 25.5 Å². The lowest BCUT2D eigenvalue weighted by atomic mass is 10.1. The van der Waals surface area contributed by atoms with Gasteiger partial charge in [0.15, 0.2) is 0 Å². The summed E-state index contributed by atoms with van der Waals surface area (Å²) in [5.41, 5.74) is 1.70. The Morgan fingerprint density at radius 3 is 2.73 bits per heavy atom. The van der Waals surface area contributed by atoms with Crippen LogP contribution in [0.25, 0.3) is 11.1 Å². The molecule has 22 heavy (non-hydrogen) atoms. The fraction of sp³-hybridized carbons (Fsp3) is 0.250. The fourth-order valence-electron chi connectivity index (χ4n) is 2.10. The lowest BCUT2D eigenvalue weighted by Crippen LogP contribution is -2.17. The highest BCUT2D eigenvalue weighted by Gasteiger charge is 2.20. The number of aromatic nitrogens is 1. The summed E-state index contributed by atoms with van der Waals surface area (Å²) in [5, 5.41) is 10.1. The first kappa shape index (κ1) is 16.4. The number of halogens is 2. The van der Waals surface area contributed by atoms with Gasteiger partial charge in [0.2, 0.25) is 0 Å². The lowest BCUT2D eigenvalue weighted by molar-refractivity contribution is -0.146. The Hall–Kier alpha value is -1.96. The number of nitriles is 1. The van der Waals surface area contributed by atoms with Crippen molar-refractivity contribution >= 4 is 29.2 Å². The molecule has 1 unspecified atom stereocenters. The molecule has 0 saturated heterocycles. The Morgan fingerprint density at radius 2 is 2.09 bits per heavy atom. The third kappa shape index (κ3) is 3.11. The van der Waals surface area contributed by atoms with Gasteiger partial charge in [0.25, 0.3) is 0 Å². The van der Waals surface area contributed by atoms with E-state index in [1.165, 1.54) is 0 Å². The largest absolute Gasteiger partial charge is 0.464 e. The second kappa shape index (κ2) is 6.87. The molecule has 0 N–H and O–H groups in total. The smallest absolute Gasteiger partial charge is 0.328 e. The number of carbonyl (C=O) groups excluding carboxylic acids is 1. The zero-order valence-electron chi connectivity index (χ0n) is 12.1. The molecular weight excluding hydrogens is 323 g/mol. The van der Waals surface area contributed by atoms with Gasteiger partial charge in [-0.05, 0) is 19.9 Å². The molecule has 0 radical (unpaired) electrons. The first-order chi connectivity index (χ1) is 10.5. The normalized spacial score (nSPS) is 11.8. The van der Waals surface area contributed by atoms with Crippen LogP contribution in [0.2, 0.25) is 10.0 Å². The number of hydrogen-bond acceptors (Lipinski definition) is 3. The minimum Gasteiger partial charge on any atom is -0.464 e. The Bertz CT molecular complexity index is 747. The number of ether oxygens (including phenoxy) is 1. The third-order valence-corrected chi connectivity index (χ3v) is 4.10. The van der Waals surface area contributed by atoms with Gasteiger partial charge in [-0.25, -0.2) is 4.79 Å². The van der Waals surface area contributed by atoms with Crippen LogP contribution in [0, 0.1) is 11.3 Å². The van der Waals surface area contributed by atoms with Gasteiger partial charge in [-0.2, -0.15) is 5.26 Å². The molecule has 1 heterocycles. The molecule has 2 rings (SSSR count). The van der Waals surface area contributed by atoms with Gasteiger partial charge in [-0.15, -0.1) is 0 Å². The zero-order valence-corrected chi connectivity index (χ0v) is 13.6. The predicted octanol–water partition coefficient (Wildman–Crippen LogP) is 4.46. The lowest BCUT2D eigenvalue weighted by Gasteiger charge is -2.11. The highest BCUT2D eigenvalue weighted by atomic mass is 35.5. The predicted molar refractivity (Wildman–Crippen MR) is 85.9 cm³/mol. The average molecular weight is 337 g/mol. The van der Waals surface area contributed by atoms with E-state index < -0.39 is 6.04 Å². The van der Waals surface area contributed by atoms with Crippen LogP contribution in [0.5, 0.6) is 0 Å². The summed E-state index contributed by atoms with van der Waals surface area (Å²) in [4.78, 5) is 11.8. The molecule has 6 heteroatoms. The fourth-order valence-corrected chi connectivity index (χ4v) is 2.50. The van der Waals surface area contributed by atoms with Crippen molar-refractivity contribution in [2.45, 2.75) is 19.9 Å². The number of carbonyl (C=O) groups is 1. The van der Waals surface area contributed by atoms with Gasteiger partial charge in [0, 0.05) is 23.5 Å². The van der Waals surface area contributed by atoms with Crippen molar-refractivity contribution in [3.05, 3.63) is 46.2 Å². The van der Waals surface area contributed by atoms with Crippen molar-refractivity contribution in [2.24, 2.45) is 0 Å². The number of nitrogens with zero attached hydrogens (tertiary/aromatic N) is 2. The maximum atomic E-state index is 11.8. The van der Waals surface area contributed by atoms with Crippen LogP contribution in [0.3, 0.4) is 0 Å². The van der Waals surface area contributed by atoms with Crippen molar-refractivity contribution < 1.29 is 9.53 Å². The second-order valence-electron chi connectivity index (χ2n) is 4.67. The van der Waals surface area contributed by atoms with Gasteiger partial charge < -0.3 is 9.30 Å². The van der Waals surface area contributed by atoms with Gasteiger partial charge in [0.05, 0.1) is 22.2 Å². The summed E-state index contributed by atoms with van der Waals surface area (Å²) in [6.07, 6.45) is 3.31. The minimum atomic E-state index is -0.529. The van der Waals surface area contributed by atoms with Crippen molar-refractivity contribution in [2.75, 3.05) is 6.61 Å². The Morgan fingerprint density at radius 1 is 1.36 bits per heavy atom. The van der Waals surface area contributed by atoms with Crippen LogP contribution in [-0.4, -0.2) is 17.1 Å². The first-order valence-electron chi connectivity index (χ1n) is 6.72. The molecule has 0 fully saturated rings. The van der Waals surface area contributed by atoms with Crippen LogP contribution >= 0.6 is 23.2 Å². The maximum Gasteiger partial charge on any atom is 0.328 e. The molecule has 4 nitrogen and oxygen atoms in total. The summed E-state index contributed by atoms with van der Waals surface area (Å²) in [6, 6.07) is 6.80. The molecule has 0 spiro atoms. The van der Waals surface area contributed by atoms with Crippen molar-refractivity contribution in [3.8, 4) is 17.2 Å². The average Bonchev–Trinajstić information content (AvgIpc) is 2.93. The molecule has 1 aromatic heterocycles. The molecule has 0 amide bonds. The Kier molecular flexibility index (Phi) is 5.12. The van der Waals surface area contributed by atoms with E-state index in [0.717, 1.165) is 0 Å². The van der Waals surface area contributed by atoms with Crippen LogP contribution in [0.4, 0.5) is 0 Å². The summed E-state index contributed by atoms with van der Waals surface area (Å²) in [5.74, 6) is -0.356. The quantitative estimate of drug-likeness (QED) is 0.774. The van der Waals surface area contributed by atoms with Crippen molar-refractivity contribution in [3.63, 3.8) is 0 Å². The molecule has 0 bridgehead atoms. The van der Waals surface area contributed by atoms with Gasteiger partial charge in [-0.1, -0.05) is 35.3 Å². The van der Waals surface area contributed by atoms with E-state index in [1.54, 1.807) is 49.0 Å². The van der Waals surface area contributed by atoms with Crippen LogP contribution < -0.4 is 0 Å². The molecule has 0 aliphatic carbocycles. The van der Waals surface area contributed by atoms with Gasteiger partial charge in [-0.3, -0.25) is 0 Å². The minimum absolute atomic E-state index is 0.308.